The van der Waals surface area contributed by atoms with Crippen molar-refractivity contribution >= 4 is 41.4 Å². The van der Waals surface area contributed by atoms with Crippen LogP contribution < -0.4 is 33.2 Å². The summed E-state index contributed by atoms with van der Waals surface area (Å²) in [6.07, 6.45) is 5.44. The molecule has 0 radical (unpaired) electrons. The van der Waals surface area contributed by atoms with Crippen LogP contribution in [0.5, 0.6) is 0 Å². The van der Waals surface area contributed by atoms with Crippen molar-refractivity contribution in [1.29, 1.82) is 0 Å². The minimum Gasteiger partial charge on any atom is -0.480 e. The van der Waals surface area contributed by atoms with Crippen LogP contribution in [-0.2, 0) is 25.6 Å². The van der Waals surface area contributed by atoms with Crippen molar-refractivity contribution in [2.24, 2.45) is 22.2 Å². The Morgan fingerprint density at radius 3 is 2.28 bits per heavy atom. The second-order valence-electron chi connectivity index (χ2n) is 7.82. The number of carboxylic acid groups (broad SMARTS) is 1. The molecule has 16 heteroatoms. The average Bonchev–Trinajstić information content (AvgIpc) is 3.34. The van der Waals surface area contributed by atoms with Gasteiger partial charge in [0.05, 0.1) is 19.0 Å². The predicted octanol–water partition coefficient (Wildman–Crippen LogP) is -3.38. The number of carboxylic acids is 1. The fourth-order valence-electron chi connectivity index (χ4n) is 3.01. The van der Waals surface area contributed by atoms with E-state index in [1.54, 1.807) is 6.26 Å². The molecule has 0 fully saturated rings. The van der Waals surface area contributed by atoms with Gasteiger partial charge in [-0.25, -0.2) is 9.78 Å². The van der Waals surface area contributed by atoms with Crippen LogP contribution in [-0.4, -0.2) is 99.2 Å². The third-order valence-electron chi connectivity index (χ3n) is 4.95. The van der Waals surface area contributed by atoms with Crippen molar-refractivity contribution in [3.8, 4) is 0 Å². The molecule has 15 nitrogen and oxygen atoms in total. The lowest BCUT2D eigenvalue weighted by Gasteiger charge is -2.24. The smallest absolute Gasteiger partial charge is 0.326 e. The zero-order valence-electron chi connectivity index (χ0n) is 20.0. The molecule has 1 aromatic heterocycles. The van der Waals surface area contributed by atoms with E-state index in [1.165, 1.54) is 24.3 Å². The standard InChI is InChI=1S/C20H35N9O6S/c1-36-6-4-14(19(34)35)28-18(33)15(9-30)29-17(32)13(3-2-5-25-20(22)23)27-16(31)12(21)7-11-8-24-10-26-11/h8,10,12-15,30H,2-7,9,21H2,1H3,(H,24,26)(H,27,31)(H,28,33)(H,29,32)(H,34,35)(H4,22,23,25). The van der Waals surface area contributed by atoms with Crippen molar-refractivity contribution < 1.29 is 29.4 Å². The van der Waals surface area contributed by atoms with Crippen LogP contribution in [0.15, 0.2) is 17.5 Å². The van der Waals surface area contributed by atoms with Gasteiger partial charge in [-0.3, -0.25) is 19.4 Å². The summed E-state index contributed by atoms with van der Waals surface area (Å²) in [5.74, 6) is -3.16. The molecule has 0 aliphatic carbocycles. The number of aromatic nitrogens is 2. The molecular weight excluding hydrogens is 494 g/mol. The summed E-state index contributed by atoms with van der Waals surface area (Å²) in [6, 6.07) is -4.76. The Bertz CT molecular complexity index is 879. The monoisotopic (exact) mass is 529 g/mol. The van der Waals surface area contributed by atoms with Gasteiger partial charge >= 0.3 is 5.97 Å². The van der Waals surface area contributed by atoms with Gasteiger partial charge in [0.15, 0.2) is 5.96 Å². The highest BCUT2D eigenvalue weighted by molar-refractivity contribution is 7.98. The molecule has 0 bridgehead atoms. The maximum atomic E-state index is 12.9. The van der Waals surface area contributed by atoms with Gasteiger partial charge in [-0.15, -0.1) is 0 Å². The van der Waals surface area contributed by atoms with Crippen molar-refractivity contribution in [1.82, 2.24) is 25.9 Å². The Labute approximate surface area is 212 Å². The van der Waals surface area contributed by atoms with Crippen molar-refractivity contribution in [3.05, 3.63) is 18.2 Å². The highest BCUT2D eigenvalue weighted by Gasteiger charge is 2.30. The second kappa shape index (κ2) is 16.3. The average molecular weight is 530 g/mol. The predicted molar refractivity (Wildman–Crippen MR) is 134 cm³/mol. The molecule has 36 heavy (non-hydrogen) atoms. The van der Waals surface area contributed by atoms with Crippen LogP contribution in [0.4, 0.5) is 0 Å². The van der Waals surface area contributed by atoms with Crippen molar-refractivity contribution in [2.45, 2.75) is 49.9 Å². The third-order valence-corrected chi connectivity index (χ3v) is 5.59. The number of H-pyrrole nitrogens is 1. The Kier molecular flexibility index (Phi) is 13.9. The summed E-state index contributed by atoms with van der Waals surface area (Å²) in [6.45, 7) is -0.609. The first kappa shape index (κ1) is 30.7. The summed E-state index contributed by atoms with van der Waals surface area (Å²) in [5, 5.41) is 26.2. The SMILES string of the molecule is CSCCC(NC(=O)C(CO)NC(=O)C(CCCN=C(N)N)NC(=O)C(N)Cc1cnc[nH]1)C(=O)O. The number of hydrogen-bond donors (Lipinski definition) is 9. The molecule has 3 amide bonds. The van der Waals surface area contributed by atoms with E-state index in [1.807, 2.05) is 0 Å². The molecule has 1 heterocycles. The maximum absolute atomic E-state index is 12.9. The molecule has 0 saturated carbocycles. The Balaban J connectivity index is 2.87. The van der Waals surface area contributed by atoms with Gasteiger partial charge in [-0.1, -0.05) is 0 Å². The Hall–Kier alpha value is -3.37. The first-order valence-electron chi connectivity index (χ1n) is 11.1. The highest BCUT2D eigenvalue weighted by atomic mass is 32.2. The quantitative estimate of drug-likeness (QED) is 0.0545. The second-order valence-corrected chi connectivity index (χ2v) is 8.81. The normalized spacial score (nSPS) is 14.1. The largest absolute Gasteiger partial charge is 0.480 e. The number of amides is 3. The number of aliphatic imine (C=N–C) groups is 1. The molecule has 0 saturated heterocycles. The zero-order chi connectivity index (χ0) is 27.1. The van der Waals surface area contributed by atoms with Crippen LogP contribution in [0.3, 0.4) is 0 Å². The number of aromatic amines is 1. The van der Waals surface area contributed by atoms with Crippen LogP contribution >= 0.6 is 11.8 Å². The van der Waals surface area contributed by atoms with E-state index >= 15 is 0 Å². The van der Waals surface area contributed by atoms with Gasteiger partial charge in [-0.2, -0.15) is 11.8 Å². The lowest BCUT2D eigenvalue weighted by atomic mass is 10.1. The van der Waals surface area contributed by atoms with E-state index < -0.39 is 54.5 Å². The summed E-state index contributed by atoms with van der Waals surface area (Å²) in [7, 11) is 0. The number of aliphatic carboxylic acids is 1. The highest BCUT2D eigenvalue weighted by Crippen LogP contribution is 2.04. The third kappa shape index (κ3) is 11.4. The van der Waals surface area contributed by atoms with Gasteiger partial charge in [0.1, 0.15) is 18.1 Å². The number of aliphatic hydroxyl groups excluding tert-OH is 1. The Morgan fingerprint density at radius 1 is 1.08 bits per heavy atom. The fraction of sp³-hybridized carbons (Fsp3) is 0.600. The minimum atomic E-state index is -1.44. The number of carbonyl (C=O) groups excluding carboxylic acids is 3. The van der Waals surface area contributed by atoms with Gasteiger partial charge in [-0.05, 0) is 31.3 Å². The number of aliphatic hydroxyl groups is 1. The number of guanidine groups is 1. The molecule has 1 rings (SSSR count). The summed E-state index contributed by atoms with van der Waals surface area (Å²) >= 11 is 1.41. The Morgan fingerprint density at radius 2 is 1.72 bits per heavy atom. The lowest BCUT2D eigenvalue weighted by Crippen LogP contribution is -2.58. The van der Waals surface area contributed by atoms with E-state index in [0.717, 1.165) is 0 Å². The number of nitrogens with one attached hydrogen (secondary N) is 4. The molecule has 0 spiro atoms. The number of rotatable bonds is 17. The van der Waals surface area contributed by atoms with Crippen LogP contribution in [0.1, 0.15) is 25.0 Å². The van der Waals surface area contributed by atoms with E-state index in [2.05, 4.69) is 30.9 Å². The summed E-state index contributed by atoms with van der Waals surface area (Å²) in [4.78, 5) is 60.0. The molecule has 0 aliphatic rings. The van der Waals surface area contributed by atoms with E-state index in [-0.39, 0.29) is 31.8 Å². The van der Waals surface area contributed by atoms with E-state index in [4.69, 9.17) is 17.2 Å². The van der Waals surface area contributed by atoms with Crippen LogP contribution in [0.2, 0.25) is 0 Å². The van der Waals surface area contributed by atoms with Crippen molar-refractivity contribution in [3.63, 3.8) is 0 Å². The van der Waals surface area contributed by atoms with Gasteiger partial charge in [0.25, 0.3) is 0 Å². The fourth-order valence-corrected chi connectivity index (χ4v) is 3.48. The lowest BCUT2D eigenvalue weighted by molar-refractivity contribution is -0.142. The molecule has 4 atom stereocenters. The zero-order valence-corrected chi connectivity index (χ0v) is 20.8. The molecule has 4 unspecified atom stereocenters. The van der Waals surface area contributed by atoms with Gasteiger partial charge in [0.2, 0.25) is 17.7 Å². The molecule has 202 valence electrons. The minimum absolute atomic E-state index is 0.0936. The van der Waals surface area contributed by atoms with Gasteiger partial charge in [0, 0.05) is 24.9 Å². The number of nitrogens with zero attached hydrogens (tertiary/aromatic N) is 2. The van der Waals surface area contributed by atoms with Crippen LogP contribution in [0.25, 0.3) is 0 Å². The number of imidazole rings is 1. The van der Waals surface area contributed by atoms with Crippen molar-refractivity contribution in [2.75, 3.05) is 25.2 Å². The topological polar surface area (TPSA) is 264 Å². The molecule has 0 aromatic carbocycles. The maximum Gasteiger partial charge on any atom is 0.326 e. The first-order chi connectivity index (χ1) is 17.1. The molecule has 1 aromatic rings. The summed E-state index contributed by atoms with van der Waals surface area (Å²) < 4.78 is 0. The molecule has 0 aliphatic heterocycles. The molecule has 12 N–H and O–H groups in total. The van der Waals surface area contributed by atoms with E-state index in [0.29, 0.717) is 17.9 Å². The van der Waals surface area contributed by atoms with Crippen LogP contribution in [0, 0.1) is 0 Å². The van der Waals surface area contributed by atoms with E-state index in [9.17, 15) is 29.4 Å². The van der Waals surface area contributed by atoms with Gasteiger partial charge < -0.3 is 48.3 Å². The number of hydrogen-bond acceptors (Lipinski definition) is 9. The number of carbonyl (C=O) groups is 4. The number of nitrogens with two attached hydrogens (primary N) is 3. The first-order valence-corrected chi connectivity index (χ1v) is 12.5. The summed E-state index contributed by atoms with van der Waals surface area (Å²) in [5.41, 5.74) is 17.2. The number of thioether (sulfide) groups is 1. The molecular formula is C20H35N9O6S.